The Labute approximate surface area is 181 Å². The van der Waals surface area contributed by atoms with Crippen molar-refractivity contribution in [2.75, 3.05) is 12.0 Å². The minimum Gasteiger partial charge on any atom is -0.348 e. The van der Waals surface area contributed by atoms with E-state index in [1.54, 1.807) is 11.8 Å². The van der Waals surface area contributed by atoms with Crippen LogP contribution in [-0.2, 0) is 4.79 Å². The van der Waals surface area contributed by atoms with Crippen molar-refractivity contribution >= 4 is 45.2 Å². The van der Waals surface area contributed by atoms with Crippen molar-refractivity contribution in [1.82, 2.24) is 10.6 Å². The van der Waals surface area contributed by atoms with Gasteiger partial charge in [0.05, 0.1) is 11.0 Å². The van der Waals surface area contributed by atoms with E-state index in [2.05, 4.69) is 26.6 Å². The van der Waals surface area contributed by atoms with E-state index in [0.717, 1.165) is 10.0 Å². The van der Waals surface area contributed by atoms with E-state index in [1.807, 2.05) is 37.4 Å². The second-order valence-corrected chi connectivity index (χ2v) is 8.30. The SMILES string of the molecule is CSCCC(NC(=O)c1cccc([N+](=O)[O-])c1)C(=O)NC(C)c1ccc(Br)cc1. The predicted molar refractivity (Wildman–Crippen MR) is 118 cm³/mol. The summed E-state index contributed by atoms with van der Waals surface area (Å²) < 4.78 is 0.946. The molecule has 0 saturated carbocycles. The number of thioether (sulfide) groups is 1. The van der Waals surface area contributed by atoms with Gasteiger partial charge in [0, 0.05) is 22.2 Å². The highest BCUT2D eigenvalue weighted by molar-refractivity contribution is 9.10. The standard InChI is InChI=1S/C20H22BrN3O4S/c1-13(14-6-8-16(21)9-7-14)22-20(26)18(10-11-29-2)23-19(25)15-4-3-5-17(12-15)24(27)28/h3-9,12-13,18H,10-11H2,1-2H3,(H,22,26)(H,23,25). The van der Waals surface area contributed by atoms with Crippen LogP contribution in [0, 0.1) is 10.1 Å². The summed E-state index contributed by atoms with van der Waals surface area (Å²) in [6, 6.07) is 12.1. The summed E-state index contributed by atoms with van der Waals surface area (Å²) >= 11 is 4.95. The molecule has 2 N–H and O–H groups in total. The Hall–Kier alpha value is -2.39. The van der Waals surface area contributed by atoms with E-state index in [1.165, 1.54) is 24.3 Å². The molecule has 2 atom stereocenters. The zero-order valence-corrected chi connectivity index (χ0v) is 18.5. The molecule has 0 heterocycles. The van der Waals surface area contributed by atoms with Crippen molar-refractivity contribution in [2.45, 2.75) is 25.4 Å². The minimum atomic E-state index is -0.743. The molecule has 0 aliphatic rings. The number of rotatable bonds is 9. The topological polar surface area (TPSA) is 101 Å². The lowest BCUT2D eigenvalue weighted by Crippen LogP contribution is -2.47. The van der Waals surface area contributed by atoms with Crippen LogP contribution < -0.4 is 10.6 Å². The molecule has 2 aromatic rings. The number of hydrogen-bond acceptors (Lipinski definition) is 5. The molecule has 0 aliphatic carbocycles. The Balaban J connectivity index is 2.10. The fourth-order valence-electron chi connectivity index (χ4n) is 2.66. The third-order valence-corrected chi connectivity index (χ3v) is 5.45. The molecule has 0 saturated heterocycles. The van der Waals surface area contributed by atoms with Gasteiger partial charge in [-0.05, 0) is 49.1 Å². The average molecular weight is 480 g/mol. The average Bonchev–Trinajstić information content (AvgIpc) is 2.71. The Morgan fingerprint density at radius 3 is 2.48 bits per heavy atom. The lowest BCUT2D eigenvalue weighted by atomic mass is 10.1. The lowest BCUT2D eigenvalue weighted by molar-refractivity contribution is -0.384. The van der Waals surface area contributed by atoms with Gasteiger partial charge in [-0.15, -0.1) is 0 Å². The Morgan fingerprint density at radius 2 is 1.86 bits per heavy atom. The maximum absolute atomic E-state index is 12.8. The summed E-state index contributed by atoms with van der Waals surface area (Å²) in [5.41, 5.74) is 0.906. The summed E-state index contributed by atoms with van der Waals surface area (Å²) in [7, 11) is 0. The van der Waals surface area contributed by atoms with Crippen LogP contribution in [0.2, 0.25) is 0 Å². The molecule has 2 unspecified atom stereocenters. The molecular formula is C20H22BrN3O4S. The Kier molecular flexibility index (Phi) is 8.66. The number of halogens is 1. The molecule has 0 radical (unpaired) electrons. The number of benzene rings is 2. The third-order valence-electron chi connectivity index (χ3n) is 4.28. The highest BCUT2D eigenvalue weighted by atomic mass is 79.9. The van der Waals surface area contributed by atoms with Crippen molar-refractivity contribution in [2.24, 2.45) is 0 Å². The number of carbonyl (C=O) groups is 2. The van der Waals surface area contributed by atoms with Gasteiger partial charge in [-0.2, -0.15) is 11.8 Å². The molecule has 7 nitrogen and oxygen atoms in total. The van der Waals surface area contributed by atoms with E-state index >= 15 is 0 Å². The summed E-state index contributed by atoms with van der Waals surface area (Å²) in [6.45, 7) is 1.87. The van der Waals surface area contributed by atoms with Crippen LogP contribution in [-0.4, -0.2) is 34.8 Å². The number of non-ortho nitro benzene ring substituents is 1. The van der Waals surface area contributed by atoms with Crippen molar-refractivity contribution in [1.29, 1.82) is 0 Å². The van der Waals surface area contributed by atoms with Crippen LogP contribution >= 0.6 is 27.7 Å². The van der Waals surface area contributed by atoms with E-state index in [-0.39, 0.29) is 23.2 Å². The molecule has 2 amide bonds. The smallest absolute Gasteiger partial charge is 0.270 e. The summed E-state index contributed by atoms with van der Waals surface area (Å²) in [6.07, 6.45) is 2.36. The number of amides is 2. The lowest BCUT2D eigenvalue weighted by Gasteiger charge is -2.21. The highest BCUT2D eigenvalue weighted by Gasteiger charge is 2.23. The molecule has 2 rings (SSSR count). The van der Waals surface area contributed by atoms with Crippen LogP contribution in [0.5, 0.6) is 0 Å². The van der Waals surface area contributed by atoms with Crippen LogP contribution in [0.15, 0.2) is 53.0 Å². The van der Waals surface area contributed by atoms with Crippen molar-refractivity contribution in [3.63, 3.8) is 0 Å². The van der Waals surface area contributed by atoms with Crippen molar-refractivity contribution < 1.29 is 14.5 Å². The first-order valence-electron chi connectivity index (χ1n) is 8.92. The van der Waals surface area contributed by atoms with Crippen LogP contribution in [0.1, 0.15) is 35.3 Å². The highest BCUT2D eigenvalue weighted by Crippen LogP contribution is 2.17. The van der Waals surface area contributed by atoms with Gasteiger partial charge in [0.25, 0.3) is 11.6 Å². The van der Waals surface area contributed by atoms with E-state index in [9.17, 15) is 19.7 Å². The number of hydrogen-bond donors (Lipinski definition) is 2. The van der Waals surface area contributed by atoms with Gasteiger partial charge in [-0.25, -0.2) is 0 Å². The largest absolute Gasteiger partial charge is 0.348 e. The Morgan fingerprint density at radius 1 is 1.17 bits per heavy atom. The molecular weight excluding hydrogens is 458 g/mol. The first kappa shape index (κ1) is 22.9. The van der Waals surface area contributed by atoms with Gasteiger partial charge in [0.15, 0.2) is 0 Å². The molecule has 0 bridgehead atoms. The normalized spacial score (nSPS) is 12.7. The number of nitrogens with one attached hydrogen (secondary N) is 2. The fourth-order valence-corrected chi connectivity index (χ4v) is 3.39. The van der Waals surface area contributed by atoms with Gasteiger partial charge in [0.1, 0.15) is 6.04 Å². The predicted octanol–water partition coefficient (Wildman–Crippen LogP) is 4.09. The zero-order valence-electron chi connectivity index (χ0n) is 16.1. The van der Waals surface area contributed by atoms with E-state index < -0.39 is 16.9 Å². The van der Waals surface area contributed by atoms with Gasteiger partial charge >= 0.3 is 0 Å². The van der Waals surface area contributed by atoms with Crippen LogP contribution in [0.4, 0.5) is 5.69 Å². The first-order valence-corrected chi connectivity index (χ1v) is 11.1. The zero-order chi connectivity index (χ0) is 21.4. The number of carbonyl (C=O) groups excluding carboxylic acids is 2. The molecule has 9 heteroatoms. The quantitative estimate of drug-likeness (QED) is 0.416. The molecule has 0 aliphatic heterocycles. The van der Waals surface area contributed by atoms with Crippen molar-refractivity contribution in [3.05, 3.63) is 74.2 Å². The molecule has 2 aromatic carbocycles. The molecule has 154 valence electrons. The maximum atomic E-state index is 12.8. The molecule has 29 heavy (non-hydrogen) atoms. The van der Waals surface area contributed by atoms with E-state index in [0.29, 0.717) is 12.2 Å². The summed E-state index contributed by atoms with van der Waals surface area (Å²) in [5.74, 6) is -0.139. The fraction of sp³-hybridized carbons (Fsp3) is 0.300. The van der Waals surface area contributed by atoms with E-state index in [4.69, 9.17) is 0 Å². The third kappa shape index (κ3) is 6.86. The second kappa shape index (κ2) is 11.0. The number of nitro benzene ring substituents is 1. The summed E-state index contributed by atoms with van der Waals surface area (Å²) in [4.78, 5) is 35.7. The van der Waals surface area contributed by atoms with Gasteiger partial charge in [-0.1, -0.05) is 34.1 Å². The number of nitrogens with zero attached hydrogens (tertiary/aromatic N) is 1. The summed E-state index contributed by atoms with van der Waals surface area (Å²) in [5, 5.41) is 16.6. The first-order chi connectivity index (χ1) is 13.8. The maximum Gasteiger partial charge on any atom is 0.270 e. The van der Waals surface area contributed by atoms with Crippen LogP contribution in [0.3, 0.4) is 0 Å². The minimum absolute atomic E-state index is 0.141. The second-order valence-electron chi connectivity index (χ2n) is 6.40. The monoisotopic (exact) mass is 479 g/mol. The molecule has 0 fully saturated rings. The van der Waals surface area contributed by atoms with Gasteiger partial charge in [0.2, 0.25) is 5.91 Å². The molecule has 0 spiro atoms. The van der Waals surface area contributed by atoms with Gasteiger partial charge < -0.3 is 10.6 Å². The number of nitro groups is 1. The van der Waals surface area contributed by atoms with Gasteiger partial charge in [-0.3, -0.25) is 19.7 Å². The van der Waals surface area contributed by atoms with Crippen molar-refractivity contribution in [3.8, 4) is 0 Å². The molecule has 0 aromatic heterocycles. The Bertz CT molecular complexity index is 876. The van der Waals surface area contributed by atoms with Crippen LogP contribution in [0.25, 0.3) is 0 Å².